The lowest BCUT2D eigenvalue weighted by atomic mass is 10.3. The number of benzene rings is 1. The highest BCUT2D eigenvalue weighted by molar-refractivity contribution is 5.75. The predicted molar refractivity (Wildman–Crippen MR) is 74.0 cm³/mol. The van der Waals surface area contributed by atoms with Crippen LogP contribution in [0.15, 0.2) is 24.3 Å². The maximum Gasteiger partial charge on any atom is 0.317 e. The number of nitrogens with zero attached hydrogens (tertiary/aromatic N) is 2. The van der Waals surface area contributed by atoms with Gasteiger partial charge in [0.2, 0.25) is 0 Å². The second kappa shape index (κ2) is 5.30. The molecule has 0 bridgehead atoms. The number of hydrogen-bond acceptors (Lipinski definition) is 2. The van der Waals surface area contributed by atoms with Crippen molar-refractivity contribution in [2.75, 3.05) is 19.6 Å². The Balaban J connectivity index is 1.53. The van der Waals surface area contributed by atoms with E-state index in [1.807, 2.05) is 29.2 Å². The number of imidazole rings is 1. The number of carbonyl (C=O) groups is 1. The van der Waals surface area contributed by atoms with Crippen LogP contribution in [-0.4, -0.2) is 40.5 Å². The highest BCUT2D eigenvalue weighted by Crippen LogP contribution is 2.10. The van der Waals surface area contributed by atoms with Gasteiger partial charge in [0.1, 0.15) is 5.82 Å². The van der Waals surface area contributed by atoms with Crippen molar-refractivity contribution in [3.63, 3.8) is 0 Å². The van der Waals surface area contributed by atoms with Gasteiger partial charge in [0.15, 0.2) is 0 Å². The first-order valence-electron chi connectivity index (χ1n) is 6.79. The van der Waals surface area contributed by atoms with Gasteiger partial charge in [0.25, 0.3) is 0 Å². The first-order chi connectivity index (χ1) is 9.33. The molecule has 1 fully saturated rings. The smallest absolute Gasteiger partial charge is 0.317 e. The van der Waals surface area contributed by atoms with E-state index in [-0.39, 0.29) is 6.03 Å². The van der Waals surface area contributed by atoms with E-state index in [4.69, 9.17) is 0 Å². The number of H-pyrrole nitrogens is 1. The van der Waals surface area contributed by atoms with Gasteiger partial charge in [-0.2, -0.15) is 0 Å². The molecule has 3 rings (SSSR count). The van der Waals surface area contributed by atoms with E-state index < -0.39 is 0 Å². The molecule has 1 aliphatic rings. The Morgan fingerprint density at radius 2 is 2.11 bits per heavy atom. The summed E-state index contributed by atoms with van der Waals surface area (Å²) in [5, 5.41) is 2.94. The van der Waals surface area contributed by atoms with Crippen LogP contribution in [0.3, 0.4) is 0 Å². The Labute approximate surface area is 112 Å². The topological polar surface area (TPSA) is 61.0 Å². The van der Waals surface area contributed by atoms with Crippen molar-refractivity contribution in [3.05, 3.63) is 30.1 Å². The molecule has 19 heavy (non-hydrogen) atoms. The summed E-state index contributed by atoms with van der Waals surface area (Å²) >= 11 is 0. The number of rotatable bonds is 3. The van der Waals surface area contributed by atoms with Crippen molar-refractivity contribution in [3.8, 4) is 0 Å². The predicted octanol–water partition coefficient (Wildman–Crippen LogP) is 1.91. The first kappa shape index (κ1) is 12.0. The highest BCUT2D eigenvalue weighted by Gasteiger charge is 2.16. The van der Waals surface area contributed by atoms with Crippen molar-refractivity contribution in [1.29, 1.82) is 0 Å². The third-order valence-corrected chi connectivity index (χ3v) is 3.47. The van der Waals surface area contributed by atoms with E-state index in [1.165, 1.54) is 0 Å². The molecule has 0 radical (unpaired) electrons. The van der Waals surface area contributed by atoms with Crippen LogP contribution in [0, 0.1) is 0 Å². The zero-order chi connectivity index (χ0) is 13.1. The number of fused-ring (bicyclic) bond motifs is 1. The molecule has 5 nitrogen and oxygen atoms in total. The number of hydrogen-bond donors (Lipinski definition) is 2. The van der Waals surface area contributed by atoms with Crippen LogP contribution in [0.1, 0.15) is 18.7 Å². The number of amides is 2. The minimum absolute atomic E-state index is 0.0496. The lowest BCUT2D eigenvalue weighted by Gasteiger charge is -2.15. The molecule has 100 valence electrons. The van der Waals surface area contributed by atoms with Crippen LogP contribution in [0.5, 0.6) is 0 Å². The van der Waals surface area contributed by atoms with Gasteiger partial charge in [-0.25, -0.2) is 9.78 Å². The number of urea groups is 1. The summed E-state index contributed by atoms with van der Waals surface area (Å²) in [6.07, 6.45) is 2.97. The normalized spacial score (nSPS) is 15.1. The maximum atomic E-state index is 11.8. The molecular formula is C14H18N4O. The van der Waals surface area contributed by atoms with Crippen LogP contribution >= 0.6 is 0 Å². The molecule has 2 amide bonds. The Kier molecular flexibility index (Phi) is 3.35. The standard InChI is InChI=1S/C14H18N4O/c19-14(18-9-3-4-10-18)15-8-7-13-16-11-5-1-2-6-12(11)17-13/h1-2,5-6H,3-4,7-10H2,(H,15,19)(H,16,17). The van der Waals surface area contributed by atoms with Gasteiger partial charge in [-0.3, -0.25) is 0 Å². The largest absolute Gasteiger partial charge is 0.342 e. The van der Waals surface area contributed by atoms with Crippen molar-refractivity contribution in [1.82, 2.24) is 20.2 Å². The second-order valence-electron chi connectivity index (χ2n) is 4.88. The van der Waals surface area contributed by atoms with E-state index in [1.54, 1.807) is 0 Å². The second-order valence-corrected chi connectivity index (χ2v) is 4.88. The third-order valence-electron chi connectivity index (χ3n) is 3.47. The average Bonchev–Trinajstić information content (AvgIpc) is 3.07. The summed E-state index contributed by atoms with van der Waals surface area (Å²) in [6.45, 7) is 2.39. The molecule has 0 saturated carbocycles. The summed E-state index contributed by atoms with van der Waals surface area (Å²) in [4.78, 5) is 21.4. The fraction of sp³-hybridized carbons (Fsp3) is 0.429. The SMILES string of the molecule is O=C(NCCc1nc2ccccc2[nH]1)N1CCCC1. The van der Waals surface area contributed by atoms with E-state index in [0.717, 1.165) is 49.2 Å². The summed E-state index contributed by atoms with van der Waals surface area (Å²) in [7, 11) is 0. The van der Waals surface area contributed by atoms with Gasteiger partial charge in [0, 0.05) is 26.1 Å². The molecule has 2 N–H and O–H groups in total. The van der Waals surface area contributed by atoms with E-state index in [0.29, 0.717) is 6.54 Å². The van der Waals surface area contributed by atoms with E-state index in [2.05, 4.69) is 15.3 Å². The quantitative estimate of drug-likeness (QED) is 0.883. The number of likely N-dealkylation sites (tertiary alicyclic amines) is 1. The fourth-order valence-corrected chi connectivity index (χ4v) is 2.44. The number of aromatic amines is 1. The molecule has 1 aromatic heterocycles. The first-order valence-corrected chi connectivity index (χ1v) is 6.79. The molecule has 5 heteroatoms. The summed E-state index contributed by atoms with van der Waals surface area (Å²) in [6, 6.07) is 8.00. The van der Waals surface area contributed by atoms with E-state index in [9.17, 15) is 4.79 Å². The van der Waals surface area contributed by atoms with Gasteiger partial charge in [-0.1, -0.05) is 12.1 Å². The summed E-state index contributed by atoms with van der Waals surface area (Å²) in [5.41, 5.74) is 2.02. The van der Waals surface area contributed by atoms with Crippen LogP contribution in [0.2, 0.25) is 0 Å². The lowest BCUT2D eigenvalue weighted by Crippen LogP contribution is -2.38. The number of nitrogens with one attached hydrogen (secondary N) is 2. The van der Waals surface area contributed by atoms with Crippen LogP contribution < -0.4 is 5.32 Å². The van der Waals surface area contributed by atoms with Crippen molar-refractivity contribution in [2.24, 2.45) is 0 Å². The monoisotopic (exact) mass is 258 g/mol. The molecule has 0 atom stereocenters. The molecule has 0 aliphatic carbocycles. The third kappa shape index (κ3) is 2.70. The molecule has 2 heterocycles. The molecule has 2 aromatic rings. The number of aromatic nitrogens is 2. The minimum atomic E-state index is 0.0496. The van der Waals surface area contributed by atoms with Crippen LogP contribution in [0.25, 0.3) is 11.0 Å². The Hall–Kier alpha value is -2.04. The number of carbonyl (C=O) groups excluding carboxylic acids is 1. The summed E-state index contributed by atoms with van der Waals surface area (Å²) in [5.74, 6) is 0.919. The van der Waals surface area contributed by atoms with Gasteiger partial charge >= 0.3 is 6.03 Å². The lowest BCUT2D eigenvalue weighted by molar-refractivity contribution is 0.209. The zero-order valence-electron chi connectivity index (χ0n) is 10.9. The molecule has 0 unspecified atom stereocenters. The van der Waals surface area contributed by atoms with Gasteiger partial charge in [0.05, 0.1) is 11.0 Å². The highest BCUT2D eigenvalue weighted by atomic mass is 16.2. The molecule has 1 aromatic carbocycles. The Morgan fingerprint density at radius 3 is 2.89 bits per heavy atom. The van der Waals surface area contributed by atoms with Crippen LogP contribution in [0.4, 0.5) is 4.79 Å². The Morgan fingerprint density at radius 1 is 1.32 bits per heavy atom. The fourth-order valence-electron chi connectivity index (χ4n) is 2.44. The van der Waals surface area contributed by atoms with Gasteiger partial charge in [-0.05, 0) is 25.0 Å². The molecule has 1 aliphatic heterocycles. The summed E-state index contributed by atoms with van der Waals surface area (Å²) < 4.78 is 0. The molecule has 0 spiro atoms. The number of para-hydroxylation sites is 2. The minimum Gasteiger partial charge on any atom is -0.342 e. The molecular weight excluding hydrogens is 240 g/mol. The van der Waals surface area contributed by atoms with Crippen molar-refractivity contribution in [2.45, 2.75) is 19.3 Å². The van der Waals surface area contributed by atoms with Crippen molar-refractivity contribution >= 4 is 17.1 Å². The maximum absolute atomic E-state index is 11.8. The van der Waals surface area contributed by atoms with Crippen LogP contribution in [-0.2, 0) is 6.42 Å². The van der Waals surface area contributed by atoms with Gasteiger partial charge < -0.3 is 15.2 Å². The van der Waals surface area contributed by atoms with Gasteiger partial charge in [-0.15, -0.1) is 0 Å². The zero-order valence-corrected chi connectivity index (χ0v) is 10.9. The Bertz CT molecular complexity index is 539. The average molecular weight is 258 g/mol. The molecule has 1 saturated heterocycles. The van der Waals surface area contributed by atoms with Crippen molar-refractivity contribution < 1.29 is 4.79 Å². The van der Waals surface area contributed by atoms with E-state index >= 15 is 0 Å².